The van der Waals surface area contributed by atoms with Crippen LogP contribution in [0.2, 0.25) is 0 Å². The van der Waals surface area contributed by atoms with Crippen molar-refractivity contribution in [2.24, 2.45) is 0 Å². The Hall–Kier alpha value is -2.86. The summed E-state index contributed by atoms with van der Waals surface area (Å²) < 4.78 is 0. The second kappa shape index (κ2) is 31.4. The fourth-order valence-corrected chi connectivity index (χ4v) is 6.21. The second-order valence-electron chi connectivity index (χ2n) is 13.7. The number of nitrogens with zero attached hydrogens (tertiary/aromatic N) is 2. The minimum Gasteiger partial charge on any atom is -0.258 e. The van der Waals surface area contributed by atoms with E-state index in [9.17, 15) is 20.2 Å². The van der Waals surface area contributed by atoms with Crippen LogP contribution in [0.5, 0.6) is 0 Å². The predicted octanol–water partition coefficient (Wildman–Crippen LogP) is 13.9. The smallest absolute Gasteiger partial charge is 0.258 e. The van der Waals surface area contributed by atoms with Crippen molar-refractivity contribution >= 4 is 11.4 Å². The number of hydrogen-bond acceptors (Lipinski definition) is 4. The van der Waals surface area contributed by atoms with Crippen molar-refractivity contribution in [3.05, 3.63) is 43.5 Å². The summed E-state index contributed by atoms with van der Waals surface area (Å²) in [6.07, 6.45) is 37.8. The van der Waals surface area contributed by atoms with E-state index in [0.29, 0.717) is 24.0 Å². The van der Waals surface area contributed by atoms with Crippen LogP contribution in [-0.4, -0.2) is 9.85 Å². The van der Waals surface area contributed by atoms with Crippen LogP contribution in [-0.2, 0) is 0 Å². The molecule has 0 atom stereocenters. The van der Waals surface area contributed by atoms with Gasteiger partial charge in [-0.15, -0.1) is 0 Å². The third kappa shape index (κ3) is 23.5. The predicted molar refractivity (Wildman–Crippen MR) is 203 cm³/mol. The summed E-state index contributed by atoms with van der Waals surface area (Å²) in [4.78, 5) is 21.7. The highest BCUT2D eigenvalue weighted by atomic mass is 16.6. The van der Waals surface area contributed by atoms with Gasteiger partial charge in [0, 0.05) is 36.1 Å². The van der Waals surface area contributed by atoms with Crippen molar-refractivity contribution in [1.29, 1.82) is 0 Å². The molecular formula is C42H68N2O4. The molecule has 6 heteroatoms. The van der Waals surface area contributed by atoms with E-state index in [2.05, 4.69) is 37.5 Å². The summed E-state index contributed by atoms with van der Waals surface area (Å²) in [5.74, 6) is 12.4. The molecule has 270 valence electrons. The van der Waals surface area contributed by atoms with Gasteiger partial charge in [0.05, 0.1) is 9.85 Å². The molecule has 0 saturated heterocycles. The molecular weight excluding hydrogens is 596 g/mol. The summed E-state index contributed by atoms with van der Waals surface area (Å²) in [6.45, 7) is 4.53. The van der Waals surface area contributed by atoms with Crippen molar-refractivity contribution in [2.75, 3.05) is 0 Å². The van der Waals surface area contributed by atoms with E-state index in [0.717, 1.165) is 25.7 Å². The molecule has 0 N–H and O–H groups in total. The van der Waals surface area contributed by atoms with Gasteiger partial charge in [-0.1, -0.05) is 204 Å². The summed E-state index contributed by atoms with van der Waals surface area (Å²) in [5, 5.41) is 23.1. The van der Waals surface area contributed by atoms with Gasteiger partial charge in [0.25, 0.3) is 0 Å². The van der Waals surface area contributed by atoms with E-state index in [4.69, 9.17) is 0 Å². The Balaban J connectivity index is 2.38. The fraction of sp³-hybridized carbons (Fsp3) is 0.762. The molecule has 0 aliphatic carbocycles. The molecule has 48 heavy (non-hydrogen) atoms. The lowest BCUT2D eigenvalue weighted by Crippen LogP contribution is -1.99. The van der Waals surface area contributed by atoms with Gasteiger partial charge in [-0.05, 0) is 12.8 Å². The molecule has 0 unspecified atom stereocenters. The maximum absolute atomic E-state index is 11.5. The van der Waals surface area contributed by atoms with Crippen molar-refractivity contribution in [1.82, 2.24) is 0 Å². The van der Waals surface area contributed by atoms with Crippen LogP contribution in [0.15, 0.2) is 12.1 Å². The first-order valence-corrected chi connectivity index (χ1v) is 20.0. The Labute approximate surface area is 294 Å². The minimum atomic E-state index is -0.706. The summed E-state index contributed by atoms with van der Waals surface area (Å²) in [7, 11) is 0. The molecule has 0 aliphatic rings. The highest BCUT2D eigenvalue weighted by Crippen LogP contribution is 2.30. The standard InChI is InChI=1S/C42H68N2O4/c1-3-5-7-9-11-13-15-17-19-21-23-25-27-29-31-33-35-39-37-41(43(45)46)42(44(47)48)38-40(39)36-34-32-30-28-26-24-22-20-18-16-14-12-10-8-6-4-2/h37-38H,3-32H2,1-2H3. The normalized spacial score (nSPS) is 10.7. The number of nitro benzene ring substituents is 2. The molecule has 1 aromatic rings. The monoisotopic (exact) mass is 665 g/mol. The number of nitro groups is 2. The molecule has 0 heterocycles. The zero-order valence-electron chi connectivity index (χ0n) is 30.9. The van der Waals surface area contributed by atoms with Crippen molar-refractivity contribution in [3.8, 4) is 23.7 Å². The molecule has 0 fully saturated rings. The zero-order chi connectivity index (χ0) is 34.9. The number of rotatable bonds is 30. The lowest BCUT2D eigenvalue weighted by molar-refractivity contribution is -0.422. The maximum atomic E-state index is 11.5. The summed E-state index contributed by atoms with van der Waals surface area (Å²) in [6, 6.07) is 2.46. The minimum absolute atomic E-state index is 0.408. The molecule has 6 nitrogen and oxygen atoms in total. The highest BCUT2D eigenvalue weighted by Gasteiger charge is 2.26. The molecule has 1 aromatic carbocycles. The van der Waals surface area contributed by atoms with E-state index in [1.165, 1.54) is 166 Å². The Bertz CT molecular complexity index is 1020. The van der Waals surface area contributed by atoms with Crippen molar-refractivity contribution in [3.63, 3.8) is 0 Å². The van der Waals surface area contributed by atoms with Gasteiger partial charge in [-0.3, -0.25) is 20.2 Å². The first kappa shape index (κ1) is 43.2. The number of unbranched alkanes of at least 4 members (excludes halogenated alkanes) is 28. The molecule has 0 aromatic heterocycles. The molecule has 1 rings (SSSR count). The Morgan fingerprint density at radius 3 is 0.875 bits per heavy atom. The third-order valence-electron chi connectivity index (χ3n) is 9.26. The molecule has 0 radical (unpaired) electrons. The van der Waals surface area contributed by atoms with Gasteiger partial charge in [0.15, 0.2) is 0 Å². The van der Waals surface area contributed by atoms with E-state index in [-0.39, 0.29) is 0 Å². The molecule has 0 bridgehead atoms. The Morgan fingerprint density at radius 1 is 0.417 bits per heavy atom. The SMILES string of the molecule is CCCCCCCCCCCCCCCCC#Cc1cc([N+](=O)[O-])c([N+](=O)[O-])cc1C#CCCCCCCCCCCCCCCCC. The van der Waals surface area contributed by atoms with Gasteiger partial charge in [0.2, 0.25) is 0 Å². The Morgan fingerprint density at radius 2 is 0.646 bits per heavy atom. The van der Waals surface area contributed by atoms with Crippen LogP contribution in [0.25, 0.3) is 0 Å². The van der Waals surface area contributed by atoms with Crippen molar-refractivity contribution in [2.45, 2.75) is 206 Å². The van der Waals surface area contributed by atoms with Gasteiger partial charge in [-0.25, -0.2) is 0 Å². The average molecular weight is 665 g/mol. The fourth-order valence-electron chi connectivity index (χ4n) is 6.21. The van der Waals surface area contributed by atoms with E-state index >= 15 is 0 Å². The van der Waals surface area contributed by atoms with Crippen LogP contribution in [0.4, 0.5) is 11.4 Å². The van der Waals surface area contributed by atoms with E-state index in [1.807, 2.05) is 0 Å². The van der Waals surface area contributed by atoms with Crippen LogP contribution >= 0.6 is 0 Å². The summed E-state index contributed by atoms with van der Waals surface area (Å²) in [5.41, 5.74) is -0.242. The first-order chi connectivity index (χ1) is 23.5. The Kier molecular flexibility index (Phi) is 28.2. The van der Waals surface area contributed by atoms with Gasteiger partial charge in [0.1, 0.15) is 0 Å². The topological polar surface area (TPSA) is 86.3 Å². The van der Waals surface area contributed by atoms with Crippen molar-refractivity contribution < 1.29 is 9.85 Å². The zero-order valence-corrected chi connectivity index (χ0v) is 30.9. The van der Waals surface area contributed by atoms with E-state index in [1.54, 1.807) is 0 Å². The van der Waals surface area contributed by atoms with Gasteiger partial charge >= 0.3 is 11.4 Å². The van der Waals surface area contributed by atoms with Crippen LogP contribution in [0.3, 0.4) is 0 Å². The highest BCUT2D eigenvalue weighted by molar-refractivity contribution is 5.64. The van der Waals surface area contributed by atoms with Gasteiger partial charge < -0.3 is 0 Å². The second-order valence-corrected chi connectivity index (χ2v) is 13.7. The number of benzene rings is 1. The molecule has 0 amide bonds. The van der Waals surface area contributed by atoms with Gasteiger partial charge in [-0.2, -0.15) is 0 Å². The molecule has 0 spiro atoms. The quantitative estimate of drug-likeness (QED) is 0.0354. The first-order valence-electron chi connectivity index (χ1n) is 20.0. The lowest BCUT2D eigenvalue weighted by Gasteiger charge is -2.03. The third-order valence-corrected chi connectivity index (χ3v) is 9.26. The van der Waals surface area contributed by atoms with Crippen LogP contribution < -0.4 is 0 Å². The van der Waals surface area contributed by atoms with E-state index < -0.39 is 21.2 Å². The number of hydrogen-bond donors (Lipinski definition) is 0. The summed E-state index contributed by atoms with van der Waals surface area (Å²) >= 11 is 0. The maximum Gasteiger partial charge on any atom is 0.347 e. The average Bonchev–Trinajstić information content (AvgIpc) is 3.07. The van der Waals surface area contributed by atoms with Crippen LogP contribution in [0.1, 0.15) is 218 Å². The molecule has 0 aliphatic heterocycles. The van der Waals surface area contributed by atoms with Crippen LogP contribution in [0, 0.1) is 43.9 Å². The lowest BCUT2D eigenvalue weighted by atomic mass is 10.0. The largest absolute Gasteiger partial charge is 0.347 e. The molecule has 0 saturated carbocycles.